The summed E-state index contributed by atoms with van der Waals surface area (Å²) in [5.41, 5.74) is 6.28. The van der Waals surface area contributed by atoms with Crippen molar-refractivity contribution in [2.24, 2.45) is 10.1 Å². The van der Waals surface area contributed by atoms with E-state index in [1.807, 2.05) is 4.72 Å². The summed E-state index contributed by atoms with van der Waals surface area (Å²) in [4.78, 5) is 19.5. The van der Waals surface area contributed by atoms with Crippen molar-refractivity contribution < 1.29 is 40.2 Å². The van der Waals surface area contributed by atoms with Gasteiger partial charge in [-0.05, 0) is 42.0 Å². The first-order valence-corrected chi connectivity index (χ1v) is 12.1. The van der Waals surface area contributed by atoms with Crippen LogP contribution in [0.5, 0.6) is 0 Å². The van der Waals surface area contributed by atoms with E-state index in [9.17, 15) is 30.0 Å². The maximum Gasteiger partial charge on any atom is 0.371 e. The van der Waals surface area contributed by atoms with Gasteiger partial charge in [-0.15, -0.1) is 17.2 Å². The molecule has 0 aliphatic carbocycles. The largest absolute Gasteiger partial charge is 0.480 e. The predicted molar refractivity (Wildman–Crippen MR) is 126 cm³/mol. The molecule has 2 rings (SSSR count). The van der Waals surface area contributed by atoms with Gasteiger partial charge < -0.3 is 15.9 Å². The molecule has 0 aromatic heterocycles. The molecule has 0 amide bonds. The second kappa shape index (κ2) is 15.2. The van der Waals surface area contributed by atoms with Gasteiger partial charge in [-0.2, -0.15) is 4.21 Å². The zero-order valence-electron chi connectivity index (χ0n) is 17.9. The molecule has 0 heterocycles. The number of nitrogens with one attached hydrogen (secondary N) is 1. The van der Waals surface area contributed by atoms with E-state index < -0.39 is 39.0 Å². The molecule has 0 aliphatic heterocycles. The molecule has 0 radical (unpaired) electrons. The lowest BCUT2D eigenvalue weighted by Gasteiger charge is -2.04. The molecule has 0 saturated heterocycles. The van der Waals surface area contributed by atoms with Crippen molar-refractivity contribution in [3.63, 3.8) is 0 Å². The molecule has 0 atom stereocenters. The average Bonchev–Trinajstić information content (AvgIpc) is 2.78. The van der Waals surface area contributed by atoms with Crippen molar-refractivity contribution in [2.45, 2.75) is 5.75 Å². The number of rotatable bonds is 7. The van der Waals surface area contributed by atoms with Crippen LogP contribution in [0.4, 0.5) is 13.5 Å². The van der Waals surface area contributed by atoms with Gasteiger partial charge in [-0.3, -0.25) is 9.59 Å². The predicted octanol–water partition coefficient (Wildman–Crippen LogP) is 1.74. The van der Waals surface area contributed by atoms with Crippen LogP contribution in [0.3, 0.4) is 0 Å². The van der Waals surface area contributed by atoms with E-state index in [1.54, 1.807) is 24.3 Å². The number of benzene rings is 2. The summed E-state index contributed by atoms with van der Waals surface area (Å²) in [6, 6.07) is 11.9. The lowest BCUT2D eigenvalue weighted by Crippen LogP contribution is -2.30. The van der Waals surface area contributed by atoms with Crippen molar-refractivity contribution in [3.8, 4) is 24.7 Å². The van der Waals surface area contributed by atoms with E-state index in [-0.39, 0.29) is 18.0 Å². The van der Waals surface area contributed by atoms with E-state index in [0.717, 1.165) is 0 Å². The molecule has 5 N–H and O–H groups in total. The topological polar surface area (TPSA) is 176 Å². The highest BCUT2D eigenvalue weighted by Gasteiger charge is 2.12. The minimum absolute atomic E-state index is 0.0472. The number of aliphatic carboxylic acids is 2. The number of carbonyl (C=O) groups is 2. The number of carboxylic acid groups (broad SMARTS) is 2. The molecule has 0 fully saturated rings. The second-order valence-corrected chi connectivity index (χ2v) is 8.88. The fraction of sp³-hybridized carbons (Fsp3) is 0.143. The fourth-order valence-corrected chi connectivity index (χ4v) is 3.32. The van der Waals surface area contributed by atoms with Gasteiger partial charge >= 0.3 is 22.4 Å². The highest BCUT2D eigenvalue weighted by molar-refractivity contribution is 7.88. The van der Waals surface area contributed by atoms with Crippen LogP contribution in [0, 0.1) is 24.7 Å². The fourth-order valence-electron chi connectivity index (χ4n) is 1.88. The van der Waals surface area contributed by atoms with E-state index in [2.05, 4.69) is 21.9 Å². The van der Waals surface area contributed by atoms with E-state index >= 15 is 0 Å². The molecular weight excluding hydrogens is 508 g/mol. The molecule has 0 unspecified atom stereocenters. The van der Waals surface area contributed by atoms with Crippen LogP contribution in [-0.4, -0.2) is 47.9 Å². The summed E-state index contributed by atoms with van der Waals surface area (Å²) in [5, 5.41) is 16.0. The first-order valence-electron chi connectivity index (χ1n) is 9.11. The van der Waals surface area contributed by atoms with Crippen LogP contribution in [-0.2, 0) is 35.9 Å². The monoisotopic (exact) mass is 529 g/mol. The van der Waals surface area contributed by atoms with Crippen LogP contribution in [0.1, 0.15) is 16.7 Å². The average molecular weight is 530 g/mol. The molecule has 2 aromatic carbocycles. The highest BCUT2D eigenvalue weighted by Crippen LogP contribution is 2.16. The van der Waals surface area contributed by atoms with Crippen LogP contribution >= 0.6 is 0 Å². The number of carboxylic acids is 2. The zero-order chi connectivity index (χ0) is 27.1. The Morgan fingerprint density at radius 3 is 1.69 bits per heavy atom. The number of hydrogen-bond acceptors (Lipinski definition) is 7. The summed E-state index contributed by atoms with van der Waals surface area (Å²) in [6.45, 7) is -0.898. The number of halogens is 2. The Labute approximate surface area is 202 Å². The van der Waals surface area contributed by atoms with Crippen molar-refractivity contribution in [2.75, 3.05) is 13.1 Å². The number of nitrogens with zero attached hydrogens (tertiary/aromatic N) is 1. The molecule has 14 heteroatoms. The summed E-state index contributed by atoms with van der Waals surface area (Å²) in [7, 11) is -8.71. The van der Waals surface area contributed by atoms with Crippen LogP contribution in [0.15, 0.2) is 52.9 Å². The van der Waals surface area contributed by atoms with Gasteiger partial charge in [0, 0.05) is 11.1 Å². The Morgan fingerprint density at radius 1 is 0.914 bits per heavy atom. The molecule has 0 saturated carbocycles. The van der Waals surface area contributed by atoms with Gasteiger partial charge in [0.05, 0.1) is 18.0 Å². The normalized spacial score (nSPS) is 10.2. The van der Waals surface area contributed by atoms with Crippen LogP contribution in [0.2, 0.25) is 0 Å². The highest BCUT2D eigenvalue weighted by atomic mass is 32.3. The van der Waals surface area contributed by atoms with E-state index in [0.29, 0.717) is 16.7 Å². The lowest BCUT2D eigenvalue weighted by atomic mass is 10.2. The van der Waals surface area contributed by atoms with Crippen molar-refractivity contribution >= 4 is 38.2 Å². The maximum atomic E-state index is 11.9. The molecular formula is C21H21F2N3O7S2. The summed E-state index contributed by atoms with van der Waals surface area (Å²) in [6.07, 6.45) is 10.2. The van der Waals surface area contributed by atoms with Gasteiger partial charge in [-0.1, -0.05) is 31.7 Å². The number of nitrogens with two attached hydrogens (primary N) is 1. The molecule has 0 spiro atoms. The SMILES string of the molecule is C#Cc1ccc(CS(=O)(=O)NCC(=O)O)cc1.C#Cc1ccc(N=S(=O)(F)F)cc1.NCC(=O)O. The Kier molecular flexibility index (Phi) is 13.5. The molecule has 0 aliphatic rings. The maximum absolute atomic E-state index is 11.9. The van der Waals surface area contributed by atoms with Crippen molar-refractivity contribution in [1.82, 2.24) is 4.72 Å². The Hall–Kier alpha value is -3.82. The second-order valence-electron chi connectivity index (χ2n) is 6.09. The summed E-state index contributed by atoms with van der Waals surface area (Å²) in [5.74, 6) is 2.26. The number of terminal acetylenes is 2. The van der Waals surface area contributed by atoms with E-state index in [1.165, 1.54) is 24.3 Å². The van der Waals surface area contributed by atoms with Gasteiger partial charge in [-0.25, -0.2) is 13.1 Å². The number of hydrogen-bond donors (Lipinski definition) is 4. The van der Waals surface area contributed by atoms with E-state index in [4.69, 9.17) is 23.1 Å². The molecule has 2 aromatic rings. The number of sulfonamides is 1. The smallest absolute Gasteiger partial charge is 0.371 e. The Bertz CT molecular complexity index is 1300. The summed E-state index contributed by atoms with van der Waals surface area (Å²) >= 11 is 0. The van der Waals surface area contributed by atoms with Crippen molar-refractivity contribution in [3.05, 3.63) is 65.2 Å². The first kappa shape index (κ1) is 31.2. The molecule has 35 heavy (non-hydrogen) atoms. The van der Waals surface area contributed by atoms with Crippen LogP contribution in [0.25, 0.3) is 0 Å². The quantitative estimate of drug-likeness (QED) is 0.310. The van der Waals surface area contributed by atoms with Crippen molar-refractivity contribution in [1.29, 1.82) is 0 Å². The van der Waals surface area contributed by atoms with Gasteiger partial charge in [0.15, 0.2) is 0 Å². The minimum Gasteiger partial charge on any atom is -0.480 e. The molecule has 188 valence electrons. The minimum atomic E-state index is -5.07. The van der Waals surface area contributed by atoms with Gasteiger partial charge in [0.2, 0.25) is 10.0 Å². The van der Waals surface area contributed by atoms with Crippen LogP contribution < -0.4 is 10.5 Å². The summed E-state index contributed by atoms with van der Waals surface area (Å²) < 4.78 is 61.3. The Morgan fingerprint density at radius 2 is 1.34 bits per heavy atom. The van der Waals surface area contributed by atoms with Gasteiger partial charge in [0.25, 0.3) is 0 Å². The standard InChI is InChI=1S/C11H11NO4S.C8H5F2NOS.C2H5NO2/c1-2-9-3-5-10(6-4-9)8-17(15,16)12-7-11(13)14;1-2-7-3-5-8(6-4-7)11-13(9,10)12;3-1-2(4)5/h1,3-6,12H,7-8H2,(H,13,14);1,3-6H;1,3H2,(H,4,5). The third-order valence-corrected chi connectivity index (χ3v) is 5.06. The zero-order valence-corrected chi connectivity index (χ0v) is 19.6. The first-order chi connectivity index (χ1) is 16.2. The molecule has 0 bridgehead atoms. The molecule has 10 nitrogen and oxygen atoms in total. The lowest BCUT2D eigenvalue weighted by molar-refractivity contribution is -0.136. The third kappa shape index (κ3) is 16.4. The van der Waals surface area contributed by atoms with Gasteiger partial charge in [0.1, 0.15) is 6.54 Å². The third-order valence-electron chi connectivity index (χ3n) is 3.34. The Balaban J connectivity index is 0.000000567.